The highest BCUT2D eigenvalue weighted by Gasteiger charge is 2.08. The lowest BCUT2D eigenvalue weighted by atomic mass is 9.99. The van der Waals surface area contributed by atoms with Crippen molar-refractivity contribution < 1.29 is 4.39 Å². The minimum atomic E-state index is -0.204. The molecule has 0 spiro atoms. The van der Waals surface area contributed by atoms with Gasteiger partial charge in [0.05, 0.1) is 4.47 Å². The third-order valence-corrected chi connectivity index (χ3v) is 4.00. The molecule has 0 fully saturated rings. The fourth-order valence-electron chi connectivity index (χ4n) is 2.03. The smallest absolute Gasteiger partial charge is 0.139 e. The number of anilines is 1. The summed E-state index contributed by atoms with van der Waals surface area (Å²) >= 11 is 3.21. The van der Waals surface area contributed by atoms with Gasteiger partial charge in [0.25, 0.3) is 0 Å². The zero-order valence-corrected chi connectivity index (χ0v) is 13.1. The van der Waals surface area contributed by atoms with Gasteiger partial charge in [-0.25, -0.2) is 4.39 Å². The third-order valence-electron chi connectivity index (χ3n) is 3.39. The summed E-state index contributed by atoms with van der Waals surface area (Å²) in [5.74, 6) is 0.473. The highest BCUT2D eigenvalue weighted by atomic mass is 79.9. The van der Waals surface area contributed by atoms with Crippen molar-refractivity contribution in [2.24, 2.45) is 5.92 Å². The molecule has 0 aliphatic rings. The van der Waals surface area contributed by atoms with E-state index in [1.54, 1.807) is 6.07 Å². The molecule has 3 heteroatoms. The van der Waals surface area contributed by atoms with Crippen LogP contribution in [0.25, 0.3) is 0 Å². The van der Waals surface area contributed by atoms with Gasteiger partial charge < -0.3 is 5.32 Å². The molecule has 102 valence electrons. The fourth-order valence-corrected chi connectivity index (χ4v) is 2.49. The molecule has 1 rings (SSSR count). The van der Waals surface area contributed by atoms with Gasteiger partial charge in [0, 0.05) is 12.2 Å². The van der Waals surface area contributed by atoms with Crippen LogP contribution in [0.1, 0.15) is 45.1 Å². The lowest BCUT2D eigenvalue weighted by Crippen LogP contribution is -2.14. The van der Waals surface area contributed by atoms with Crippen molar-refractivity contribution in [1.29, 1.82) is 0 Å². The summed E-state index contributed by atoms with van der Waals surface area (Å²) in [7, 11) is 0. The molecule has 1 aromatic rings. The van der Waals surface area contributed by atoms with Crippen LogP contribution in [0.2, 0.25) is 0 Å². The molecular weight excluding hydrogens is 293 g/mol. The molecule has 18 heavy (non-hydrogen) atoms. The number of aryl methyl sites for hydroxylation is 1. The van der Waals surface area contributed by atoms with Gasteiger partial charge >= 0.3 is 0 Å². The summed E-state index contributed by atoms with van der Waals surface area (Å²) in [5.41, 5.74) is 1.99. The molecule has 0 aromatic heterocycles. The molecule has 0 saturated carbocycles. The van der Waals surface area contributed by atoms with Crippen LogP contribution in [0.5, 0.6) is 0 Å². The normalized spacial score (nSPS) is 12.5. The number of unbranched alkanes of at least 4 members (excludes halogenated alkanes) is 1. The lowest BCUT2D eigenvalue weighted by molar-refractivity contribution is 0.472. The van der Waals surface area contributed by atoms with E-state index in [1.807, 2.05) is 13.0 Å². The van der Waals surface area contributed by atoms with Crippen LogP contribution in [0.4, 0.5) is 10.1 Å². The number of hydrogen-bond donors (Lipinski definition) is 1. The molecule has 1 unspecified atom stereocenters. The second kappa shape index (κ2) is 7.78. The molecular formula is C15H23BrFN. The first-order valence-corrected chi connectivity index (χ1v) is 7.57. The summed E-state index contributed by atoms with van der Waals surface area (Å²) < 4.78 is 14.0. The van der Waals surface area contributed by atoms with E-state index in [4.69, 9.17) is 0 Å². The second-order valence-electron chi connectivity index (χ2n) is 4.88. The van der Waals surface area contributed by atoms with Crippen molar-refractivity contribution in [3.63, 3.8) is 0 Å². The first kappa shape index (κ1) is 15.5. The van der Waals surface area contributed by atoms with E-state index < -0.39 is 0 Å². The molecule has 0 bridgehead atoms. The topological polar surface area (TPSA) is 12.0 Å². The Bertz CT molecular complexity index is 379. The van der Waals surface area contributed by atoms with Gasteiger partial charge in [-0.1, -0.05) is 33.1 Å². The standard InChI is InChI=1S/C15H23BrFN/c1-4-6-7-12(5-2)10-18-15-9-14(17)13(16)8-11(15)3/h8-9,12,18H,4-7,10H2,1-3H3. The van der Waals surface area contributed by atoms with Crippen LogP contribution in [-0.2, 0) is 0 Å². The molecule has 0 radical (unpaired) electrons. The second-order valence-corrected chi connectivity index (χ2v) is 5.73. The fraction of sp³-hybridized carbons (Fsp3) is 0.600. The minimum absolute atomic E-state index is 0.204. The number of benzene rings is 1. The zero-order chi connectivity index (χ0) is 13.5. The number of hydrogen-bond acceptors (Lipinski definition) is 1. The largest absolute Gasteiger partial charge is 0.384 e. The molecule has 1 aromatic carbocycles. The monoisotopic (exact) mass is 315 g/mol. The SMILES string of the molecule is CCCCC(CC)CNc1cc(F)c(Br)cc1C. The van der Waals surface area contributed by atoms with E-state index in [0.29, 0.717) is 10.4 Å². The Kier molecular flexibility index (Phi) is 6.69. The van der Waals surface area contributed by atoms with E-state index in [-0.39, 0.29) is 5.82 Å². The van der Waals surface area contributed by atoms with Crippen LogP contribution < -0.4 is 5.32 Å². The number of rotatable bonds is 7. The van der Waals surface area contributed by atoms with Crippen LogP contribution in [0.3, 0.4) is 0 Å². The van der Waals surface area contributed by atoms with Gasteiger partial charge in [-0.15, -0.1) is 0 Å². The predicted molar refractivity (Wildman–Crippen MR) is 80.6 cm³/mol. The van der Waals surface area contributed by atoms with Crippen molar-refractivity contribution in [3.05, 3.63) is 28.0 Å². The quantitative estimate of drug-likeness (QED) is 0.698. The average Bonchev–Trinajstić information content (AvgIpc) is 2.35. The van der Waals surface area contributed by atoms with Crippen molar-refractivity contribution in [2.75, 3.05) is 11.9 Å². The Morgan fingerprint density at radius 1 is 1.33 bits per heavy atom. The van der Waals surface area contributed by atoms with E-state index in [9.17, 15) is 4.39 Å². The molecule has 1 atom stereocenters. The van der Waals surface area contributed by atoms with Crippen molar-refractivity contribution in [3.8, 4) is 0 Å². The van der Waals surface area contributed by atoms with Crippen molar-refractivity contribution >= 4 is 21.6 Å². The Hall–Kier alpha value is -0.570. The van der Waals surface area contributed by atoms with E-state index in [0.717, 1.165) is 17.8 Å². The van der Waals surface area contributed by atoms with Gasteiger partial charge in [-0.3, -0.25) is 0 Å². The summed E-state index contributed by atoms with van der Waals surface area (Å²) in [6.45, 7) is 7.36. The third kappa shape index (κ3) is 4.60. The summed E-state index contributed by atoms with van der Waals surface area (Å²) in [5, 5.41) is 3.38. The van der Waals surface area contributed by atoms with Gasteiger partial charge in [0.1, 0.15) is 5.82 Å². The molecule has 1 N–H and O–H groups in total. The first-order chi connectivity index (χ1) is 8.58. The average molecular weight is 316 g/mol. The van der Waals surface area contributed by atoms with Crippen LogP contribution >= 0.6 is 15.9 Å². The Labute approximate surface area is 118 Å². The zero-order valence-electron chi connectivity index (χ0n) is 11.5. The summed E-state index contributed by atoms with van der Waals surface area (Å²) in [6, 6.07) is 3.40. The summed E-state index contributed by atoms with van der Waals surface area (Å²) in [6.07, 6.45) is 4.93. The van der Waals surface area contributed by atoms with E-state index in [2.05, 4.69) is 35.1 Å². The lowest BCUT2D eigenvalue weighted by Gasteiger charge is -2.17. The van der Waals surface area contributed by atoms with Crippen LogP contribution in [0.15, 0.2) is 16.6 Å². The molecule has 0 amide bonds. The maximum Gasteiger partial charge on any atom is 0.139 e. The first-order valence-electron chi connectivity index (χ1n) is 6.78. The maximum absolute atomic E-state index is 13.5. The Morgan fingerprint density at radius 2 is 2.06 bits per heavy atom. The van der Waals surface area contributed by atoms with Gasteiger partial charge in [-0.2, -0.15) is 0 Å². The number of nitrogens with one attached hydrogen (secondary N) is 1. The van der Waals surface area contributed by atoms with Crippen LogP contribution in [-0.4, -0.2) is 6.54 Å². The van der Waals surface area contributed by atoms with Crippen LogP contribution in [0, 0.1) is 18.7 Å². The van der Waals surface area contributed by atoms with Gasteiger partial charge in [0.2, 0.25) is 0 Å². The molecule has 0 aliphatic carbocycles. The highest BCUT2D eigenvalue weighted by Crippen LogP contribution is 2.24. The Morgan fingerprint density at radius 3 is 2.67 bits per heavy atom. The van der Waals surface area contributed by atoms with Gasteiger partial charge in [0.15, 0.2) is 0 Å². The Balaban J connectivity index is 2.59. The highest BCUT2D eigenvalue weighted by molar-refractivity contribution is 9.10. The minimum Gasteiger partial charge on any atom is -0.384 e. The molecule has 0 heterocycles. The van der Waals surface area contributed by atoms with E-state index in [1.165, 1.54) is 25.7 Å². The molecule has 0 aliphatic heterocycles. The molecule has 1 nitrogen and oxygen atoms in total. The number of halogens is 2. The van der Waals surface area contributed by atoms with Crippen molar-refractivity contribution in [1.82, 2.24) is 0 Å². The van der Waals surface area contributed by atoms with E-state index >= 15 is 0 Å². The molecule has 0 saturated heterocycles. The predicted octanol–water partition coefficient (Wildman–Crippen LogP) is 5.52. The maximum atomic E-state index is 13.5. The summed E-state index contributed by atoms with van der Waals surface area (Å²) in [4.78, 5) is 0. The van der Waals surface area contributed by atoms with Crippen molar-refractivity contribution in [2.45, 2.75) is 46.5 Å². The van der Waals surface area contributed by atoms with Gasteiger partial charge in [-0.05, 0) is 52.9 Å².